The number of carbonyl (C=O) groups is 2. The second kappa shape index (κ2) is 11.5. The molecule has 4 rings (SSSR count). The highest BCUT2D eigenvalue weighted by Gasteiger charge is 2.45. The number of aromatic nitrogens is 4. The lowest BCUT2D eigenvalue weighted by Gasteiger charge is -2.19. The van der Waals surface area contributed by atoms with Crippen molar-refractivity contribution in [3.8, 4) is 5.75 Å². The number of nitrogen functional groups attached to an aromatic ring is 1. The summed E-state index contributed by atoms with van der Waals surface area (Å²) in [5, 5.41) is 30.5. The summed E-state index contributed by atoms with van der Waals surface area (Å²) >= 11 is 1.05. The molecule has 13 heteroatoms. The summed E-state index contributed by atoms with van der Waals surface area (Å²) in [6, 6.07) is 6.65. The van der Waals surface area contributed by atoms with Crippen LogP contribution in [0.1, 0.15) is 36.9 Å². The van der Waals surface area contributed by atoms with Gasteiger partial charge in [0.15, 0.2) is 39.9 Å². The summed E-state index contributed by atoms with van der Waals surface area (Å²) < 4.78 is 12.7. The van der Waals surface area contributed by atoms with E-state index in [1.54, 1.807) is 24.3 Å². The third-order valence-electron chi connectivity index (χ3n) is 5.78. The number of Topliss-reactive ketones (excluding diaryl/α,β-unsaturated/α-hetero) is 2. The van der Waals surface area contributed by atoms with Gasteiger partial charge in [0.05, 0.1) is 12.4 Å². The Morgan fingerprint density at radius 1 is 1.19 bits per heavy atom. The fourth-order valence-corrected chi connectivity index (χ4v) is 4.77. The zero-order valence-electron chi connectivity index (χ0n) is 20.4. The van der Waals surface area contributed by atoms with Gasteiger partial charge in [0.2, 0.25) is 0 Å². The maximum Gasteiger partial charge on any atom is 0.180 e. The zero-order chi connectivity index (χ0) is 26.7. The van der Waals surface area contributed by atoms with E-state index in [0.29, 0.717) is 17.7 Å². The number of ketones is 2. The van der Waals surface area contributed by atoms with Crippen molar-refractivity contribution < 1.29 is 34.4 Å². The second-order valence-corrected chi connectivity index (χ2v) is 10.0. The number of ether oxygens (including phenoxy) is 2. The number of nitrogens with zero attached hydrogens (tertiary/aromatic N) is 4. The van der Waals surface area contributed by atoms with Gasteiger partial charge in [-0.3, -0.25) is 14.2 Å². The fraction of sp³-hybridized carbons (Fsp3) is 0.458. The molecule has 2 aromatic heterocycles. The van der Waals surface area contributed by atoms with Crippen molar-refractivity contribution in [3.05, 3.63) is 36.2 Å². The number of fused-ring (bicyclic) bond motifs is 1. The normalized spacial score (nSPS) is 21.6. The quantitative estimate of drug-likeness (QED) is 0.204. The first-order valence-corrected chi connectivity index (χ1v) is 12.7. The largest absolute Gasteiger partial charge is 0.486 e. The summed E-state index contributed by atoms with van der Waals surface area (Å²) in [6.07, 6.45) is -3.13. The maximum absolute atomic E-state index is 12.6. The van der Waals surface area contributed by atoms with E-state index in [9.17, 15) is 24.9 Å². The highest BCUT2D eigenvalue weighted by Crippen LogP contribution is 2.36. The number of nitrogens with two attached hydrogens (primary N) is 1. The van der Waals surface area contributed by atoms with E-state index >= 15 is 0 Å². The van der Waals surface area contributed by atoms with Gasteiger partial charge >= 0.3 is 0 Å². The molecule has 0 aliphatic carbocycles. The van der Waals surface area contributed by atoms with Crippen LogP contribution in [0.3, 0.4) is 0 Å². The topological polar surface area (TPSA) is 183 Å². The molecule has 1 aliphatic rings. The lowest BCUT2D eigenvalue weighted by Crippen LogP contribution is -2.33. The minimum absolute atomic E-state index is 0.0313. The molecular weight excluding hydrogens is 502 g/mol. The lowest BCUT2D eigenvalue weighted by molar-refractivity contribution is -0.118. The molecule has 3 aromatic rings. The molecule has 0 amide bonds. The number of benzene rings is 1. The monoisotopic (exact) mass is 531 g/mol. The van der Waals surface area contributed by atoms with Crippen LogP contribution in [0, 0.1) is 5.92 Å². The molecule has 37 heavy (non-hydrogen) atoms. The van der Waals surface area contributed by atoms with Crippen molar-refractivity contribution in [2.24, 2.45) is 5.92 Å². The van der Waals surface area contributed by atoms with Crippen LogP contribution in [-0.2, 0) is 9.53 Å². The molecular formula is C24H29N5O7S. The number of aliphatic hydroxyl groups excluding tert-OH is 3. The Morgan fingerprint density at radius 3 is 2.57 bits per heavy atom. The molecule has 0 radical (unpaired) electrons. The predicted molar refractivity (Wildman–Crippen MR) is 134 cm³/mol. The minimum Gasteiger partial charge on any atom is -0.486 e. The second-order valence-electron chi connectivity index (χ2n) is 9.09. The summed E-state index contributed by atoms with van der Waals surface area (Å²) in [5.74, 6) is 0.597. The number of rotatable bonds is 11. The van der Waals surface area contributed by atoms with Crippen LogP contribution < -0.4 is 10.5 Å². The van der Waals surface area contributed by atoms with Crippen LogP contribution in [0.25, 0.3) is 11.2 Å². The molecule has 1 saturated heterocycles. The van der Waals surface area contributed by atoms with E-state index in [1.807, 2.05) is 13.8 Å². The average Bonchev–Trinajstić information content (AvgIpc) is 3.38. The van der Waals surface area contributed by atoms with E-state index in [1.165, 1.54) is 10.9 Å². The smallest absolute Gasteiger partial charge is 0.180 e. The van der Waals surface area contributed by atoms with Gasteiger partial charge in [-0.25, -0.2) is 15.0 Å². The standard InChI is InChI=1S/C24H29N5O7S/c1-12(2)7-16(32)13-3-5-15(6-4-13)35-9-14(31)10-37-24-28-18-21(25)26-11-27-22(18)29(24)23-20(34)19(33)17(8-30)36-23/h3-6,11-12,17,19-20,23,30,33-34H,7-10H2,1-2H3,(H2,25,26,27)/t17-,19-,20-,23-/m1/s1. The Balaban J connectivity index is 1.43. The molecule has 5 N–H and O–H groups in total. The highest BCUT2D eigenvalue weighted by atomic mass is 32.2. The Bertz CT molecular complexity index is 1270. The molecule has 1 aliphatic heterocycles. The van der Waals surface area contributed by atoms with Crippen molar-refractivity contribution in [3.63, 3.8) is 0 Å². The molecule has 1 aromatic carbocycles. The van der Waals surface area contributed by atoms with Gasteiger partial charge < -0.3 is 30.5 Å². The van der Waals surface area contributed by atoms with Gasteiger partial charge in [-0.1, -0.05) is 25.6 Å². The van der Waals surface area contributed by atoms with E-state index in [2.05, 4.69) is 15.0 Å². The van der Waals surface area contributed by atoms with Crippen molar-refractivity contribution in [2.75, 3.05) is 24.7 Å². The van der Waals surface area contributed by atoms with Crippen molar-refractivity contribution >= 4 is 40.3 Å². The molecule has 4 atom stereocenters. The molecule has 0 bridgehead atoms. The van der Waals surface area contributed by atoms with Crippen LogP contribution in [0.4, 0.5) is 5.82 Å². The molecule has 3 heterocycles. The van der Waals surface area contributed by atoms with Gasteiger partial charge in [0, 0.05) is 12.0 Å². The number of anilines is 1. The van der Waals surface area contributed by atoms with Gasteiger partial charge in [0.25, 0.3) is 0 Å². The molecule has 0 spiro atoms. The fourth-order valence-electron chi connectivity index (χ4n) is 3.91. The van der Waals surface area contributed by atoms with E-state index < -0.39 is 31.1 Å². The molecule has 12 nitrogen and oxygen atoms in total. The van der Waals surface area contributed by atoms with E-state index in [4.69, 9.17) is 15.2 Å². The average molecular weight is 532 g/mol. The molecule has 0 unspecified atom stereocenters. The first-order chi connectivity index (χ1) is 17.7. The number of imidazole rings is 1. The highest BCUT2D eigenvalue weighted by molar-refractivity contribution is 7.99. The number of carbonyl (C=O) groups excluding carboxylic acids is 2. The first-order valence-electron chi connectivity index (χ1n) is 11.7. The van der Waals surface area contributed by atoms with Gasteiger partial charge in [-0.15, -0.1) is 0 Å². The van der Waals surface area contributed by atoms with Crippen molar-refractivity contribution in [1.82, 2.24) is 19.5 Å². The Morgan fingerprint density at radius 2 is 1.92 bits per heavy atom. The van der Waals surface area contributed by atoms with Crippen molar-refractivity contribution in [1.29, 1.82) is 0 Å². The summed E-state index contributed by atoms with van der Waals surface area (Å²) in [6.45, 7) is 3.26. The number of thioether (sulfide) groups is 1. The number of aliphatic hydroxyl groups is 3. The van der Waals surface area contributed by atoms with Crippen LogP contribution in [0.2, 0.25) is 0 Å². The first kappa shape index (κ1) is 26.9. The van der Waals surface area contributed by atoms with Gasteiger partial charge in [0.1, 0.15) is 37.0 Å². The SMILES string of the molecule is CC(C)CC(=O)c1ccc(OCC(=O)CSc2nc3c(N)ncnc3n2[C@@H]2O[C@H](CO)[C@@H](O)[C@H]2O)cc1. The van der Waals surface area contributed by atoms with Crippen molar-refractivity contribution in [2.45, 2.75) is 50.0 Å². The number of hydrogen-bond acceptors (Lipinski definition) is 12. The zero-order valence-corrected chi connectivity index (χ0v) is 21.2. The Labute approximate surface area is 216 Å². The number of hydrogen-bond donors (Lipinski definition) is 4. The van der Waals surface area contributed by atoms with Gasteiger partial charge in [-0.2, -0.15) is 0 Å². The third kappa shape index (κ3) is 5.91. The van der Waals surface area contributed by atoms with E-state index in [-0.39, 0.29) is 52.0 Å². The Kier molecular flexibility index (Phi) is 8.39. The van der Waals surface area contributed by atoms with Crippen LogP contribution in [-0.4, -0.2) is 83.7 Å². The molecule has 1 fully saturated rings. The van der Waals surface area contributed by atoms with E-state index in [0.717, 1.165) is 11.8 Å². The maximum atomic E-state index is 12.6. The van der Waals surface area contributed by atoms with Crippen LogP contribution >= 0.6 is 11.8 Å². The summed E-state index contributed by atoms with van der Waals surface area (Å²) in [4.78, 5) is 37.3. The Hall–Kier alpha value is -3.10. The molecule has 198 valence electrons. The van der Waals surface area contributed by atoms with Crippen LogP contribution in [0.5, 0.6) is 5.75 Å². The minimum atomic E-state index is -1.38. The molecule has 0 saturated carbocycles. The summed E-state index contributed by atoms with van der Waals surface area (Å²) in [7, 11) is 0. The van der Waals surface area contributed by atoms with Gasteiger partial charge in [-0.05, 0) is 30.2 Å². The third-order valence-corrected chi connectivity index (χ3v) is 6.79. The predicted octanol–water partition coefficient (Wildman–Crippen LogP) is 0.989. The van der Waals surface area contributed by atoms with Crippen LogP contribution in [0.15, 0.2) is 35.7 Å². The summed E-state index contributed by atoms with van der Waals surface area (Å²) in [5.41, 5.74) is 7.03. The lowest BCUT2D eigenvalue weighted by atomic mass is 10.0.